The van der Waals surface area contributed by atoms with E-state index in [4.69, 9.17) is 9.47 Å². The van der Waals surface area contributed by atoms with Crippen molar-refractivity contribution < 1.29 is 29.0 Å². The van der Waals surface area contributed by atoms with Crippen molar-refractivity contribution >= 4 is 17.8 Å². The summed E-state index contributed by atoms with van der Waals surface area (Å²) in [5, 5.41) is 10.5. The smallest absolute Gasteiger partial charge is 0.313 e. The van der Waals surface area contributed by atoms with E-state index < -0.39 is 46.6 Å². The highest BCUT2D eigenvalue weighted by Crippen LogP contribution is 2.58. The Balaban J connectivity index is 1.89. The van der Waals surface area contributed by atoms with Crippen LogP contribution in [0.15, 0.2) is 24.3 Å². The Morgan fingerprint density at radius 3 is 2.36 bits per heavy atom. The molecule has 4 rings (SSSR count). The van der Waals surface area contributed by atoms with Crippen molar-refractivity contribution in [3.8, 4) is 0 Å². The van der Waals surface area contributed by atoms with Crippen LogP contribution in [0, 0.1) is 23.2 Å². The molecule has 39 heavy (non-hydrogen) atoms. The van der Waals surface area contributed by atoms with Gasteiger partial charge in [0.1, 0.15) is 17.6 Å². The molecule has 4 heterocycles. The largest absolute Gasteiger partial charge is 0.465 e. The topological polar surface area (TPSA) is 96.4 Å². The number of carbonyl (C=O) groups excluding carboxylic acids is 3. The molecule has 0 aromatic heterocycles. The fourth-order valence-electron chi connectivity index (χ4n) is 7.73. The normalized spacial score (nSPS) is 35.0. The van der Waals surface area contributed by atoms with Crippen LogP contribution in [-0.2, 0) is 23.9 Å². The first-order valence-corrected chi connectivity index (χ1v) is 14.5. The van der Waals surface area contributed by atoms with Crippen LogP contribution < -0.4 is 0 Å². The molecule has 8 nitrogen and oxygen atoms in total. The summed E-state index contributed by atoms with van der Waals surface area (Å²) in [4.78, 5) is 46.2. The maximum absolute atomic E-state index is 14.7. The molecule has 1 unspecified atom stereocenters. The third-order valence-electron chi connectivity index (χ3n) is 8.73. The van der Waals surface area contributed by atoms with Gasteiger partial charge in [0.05, 0.1) is 30.8 Å². The predicted octanol–water partition coefficient (Wildman–Crippen LogP) is 3.87. The molecule has 2 saturated heterocycles. The third kappa shape index (κ3) is 5.19. The van der Waals surface area contributed by atoms with Crippen LogP contribution in [-0.4, -0.2) is 81.3 Å². The second-order valence-electron chi connectivity index (χ2n) is 14.3. The van der Waals surface area contributed by atoms with E-state index in [1.807, 2.05) is 50.0 Å². The number of carbonyl (C=O) groups is 3. The van der Waals surface area contributed by atoms with E-state index >= 15 is 0 Å². The van der Waals surface area contributed by atoms with Crippen molar-refractivity contribution in [3.63, 3.8) is 0 Å². The van der Waals surface area contributed by atoms with Gasteiger partial charge >= 0.3 is 5.97 Å². The monoisotopic (exact) mass is 544 g/mol. The Hall–Kier alpha value is -2.19. The van der Waals surface area contributed by atoms with Gasteiger partial charge in [0.2, 0.25) is 11.8 Å². The highest BCUT2D eigenvalue weighted by molar-refractivity contribution is 5.99. The second-order valence-corrected chi connectivity index (χ2v) is 14.3. The van der Waals surface area contributed by atoms with Crippen LogP contribution in [0.1, 0.15) is 81.1 Å². The predicted molar refractivity (Wildman–Crippen MR) is 149 cm³/mol. The van der Waals surface area contributed by atoms with Gasteiger partial charge in [-0.2, -0.15) is 0 Å². The Bertz CT molecular complexity index is 1040. The third-order valence-corrected chi connectivity index (χ3v) is 8.73. The standard InChI is InChI=1S/C31H48N2O6/c1-20(2)17-21(18-34)33-24-26(36)32(29(6,7)19-28(3,4)5)15-12-14-31(24)22(25(33)35)23-27(37)38-16-11-9-10-13-30(23,8)39-31/h10,12-14,20-24,34H,9,11,15-19H2,1-8H3/b13-10-/t21-,22+,23-,24?,30+,31+/m1/s1. The van der Waals surface area contributed by atoms with Gasteiger partial charge < -0.3 is 24.4 Å². The van der Waals surface area contributed by atoms with Crippen molar-refractivity contribution in [1.82, 2.24) is 9.80 Å². The molecule has 0 saturated carbocycles. The molecular weight excluding hydrogens is 496 g/mol. The van der Waals surface area contributed by atoms with Crippen molar-refractivity contribution in [1.29, 1.82) is 0 Å². The Morgan fingerprint density at radius 1 is 1.05 bits per heavy atom. The van der Waals surface area contributed by atoms with Crippen molar-refractivity contribution in [2.75, 3.05) is 19.8 Å². The molecule has 0 aromatic carbocycles. The van der Waals surface area contributed by atoms with Gasteiger partial charge in [-0.05, 0) is 57.8 Å². The molecule has 0 aliphatic carbocycles. The lowest BCUT2D eigenvalue weighted by Crippen LogP contribution is -2.62. The molecule has 8 heteroatoms. The van der Waals surface area contributed by atoms with Crippen molar-refractivity contribution in [2.24, 2.45) is 23.2 Å². The molecule has 6 atom stereocenters. The van der Waals surface area contributed by atoms with E-state index in [9.17, 15) is 19.5 Å². The van der Waals surface area contributed by atoms with Crippen molar-refractivity contribution in [2.45, 2.75) is 110 Å². The lowest BCUT2D eigenvalue weighted by molar-refractivity contribution is -0.163. The molecule has 4 aliphatic heterocycles. The molecule has 218 valence electrons. The van der Waals surface area contributed by atoms with E-state index in [0.717, 1.165) is 12.8 Å². The zero-order valence-corrected chi connectivity index (χ0v) is 25.0. The van der Waals surface area contributed by atoms with E-state index in [2.05, 4.69) is 34.6 Å². The maximum Gasteiger partial charge on any atom is 0.313 e. The van der Waals surface area contributed by atoms with Crippen LogP contribution in [0.5, 0.6) is 0 Å². The van der Waals surface area contributed by atoms with Gasteiger partial charge in [-0.25, -0.2) is 0 Å². The van der Waals surface area contributed by atoms with E-state index in [1.54, 1.807) is 4.90 Å². The number of allylic oxidation sites excluding steroid dienone is 1. The Kier molecular flexibility index (Phi) is 7.89. The summed E-state index contributed by atoms with van der Waals surface area (Å²) < 4.78 is 12.5. The van der Waals surface area contributed by atoms with Crippen LogP contribution >= 0.6 is 0 Å². The number of esters is 1. The fourth-order valence-corrected chi connectivity index (χ4v) is 7.73. The van der Waals surface area contributed by atoms with E-state index in [1.165, 1.54) is 0 Å². The summed E-state index contributed by atoms with van der Waals surface area (Å²) in [6.07, 6.45) is 10.4. The van der Waals surface area contributed by atoms with Gasteiger partial charge in [-0.1, -0.05) is 58.9 Å². The molecule has 2 amide bonds. The average molecular weight is 545 g/mol. The zero-order chi connectivity index (χ0) is 29.0. The van der Waals surface area contributed by atoms with Crippen LogP contribution in [0.25, 0.3) is 0 Å². The van der Waals surface area contributed by atoms with Gasteiger partial charge in [0.25, 0.3) is 0 Å². The summed E-state index contributed by atoms with van der Waals surface area (Å²) >= 11 is 0. The second kappa shape index (κ2) is 10.3. The number of nitrogens with zero attached hydrogens (tertiary/aromatic N) is 2. The number of fused-ring (bicyclic) bond motifs is 2. The van der Waals surface area contributed by atoms with Crippen LogP contribution in [0.4, 0.5) is 0 Å². The quantitative estimate of drug-likeness (QED) is 0.403. The van der Waals surface area contributed by atoms with Gasteiger partial charge in [0, 0.05) is 12.1 Å². The molecule has 0 radical (unpaired) electrons. The number of cyclic esters (lactones) is 1. The van der Waals surface area contributed by atoms with E-state index in [-0.39, 0.29) is 36.4 Å². The molecule has 0 aromatic rings. The number of rotatable bonds is 6. The molecule has 1 spiro atoms. The SMILES string of the molecule is CC(C)C[C@H](CO)N1C(=O)[C@@H]2[C@@H]3C(=O)OCCC/C=C\[C@]3(C)O[C@@]23C=CCN(C(C)(C)CC(C)(C)C)C(=O)C13. The lowest BCUT2D eigenvalue weighted by Gasteiger charge is -2.46. The molecule has 4 aliphatic rings. The number of ether oxygens (including phenoxy) is 2. The number of aliphatic hydroxyl groups excluding tert-OH is 1. The Morgan fingerprint density at radius 2 is 1.74 bits per heavy atom. The summed E-state index contributed by atoms with van der Waals surface area (Å²) in [5.41, 5.74) is -3.01. The lowest BCUT2D eigenvalue weighted by atomic mass is 9.74. The summed E-state index contributed by atoms with van der Waals surface area (Å²) in [6.45, 7) is 16.8. The van der Waals surface area contributed by atoms with Gasteiger partial charge in [-0.15, -0.1) is 0 Å². The summed E-state index contributed by atoms with van der Waals surface area (Å²) in [7, 11) is 0. The average Bonchev–Trinajstić information content (AvgIpc) is 3.15. The number of aliphatic hydroxyl groups is 1. The van der Waals surface area contributed by atoms with Gasteiger partial charge in [-0.3, -0.25) is 14.4 Å². The fraction of sp³-hybridized carbons (Fsp3) is 0.774. The van der Waals surface area contributed by atoms with E-state index in [0.29, 0.717) is 19.4 Å². The number of likely N-dealkylation sites (tertiary alicyclic amines) is 1. The van der Waals surface area contributed by atoms with Crippen LogP contribution in [0.3, 0.4) is 0 Å². The maximum atomic E-state index is 14.7. The van der Waals surface area contributed by atoms with Gasteiger partial charge in [0.15, 0.2) is 0 Å². The minimum atomic E-state index is -1.35. The summed E-state index contributed by atoms with van der Waals surface area (Å²) in [6, 6.07) is -1.58. The molecule has 1 N–H and O–H groups in total. The first kappa shape index (κ1) is 29.8. The minimum absolute atomic E-state index is 0.0354. The molecule has 2 fully saturated rings. The first-order valence-electron chi connectivity index (χ1n) is 14.5. The highest BCUT2D eigenvalue weighted by Gasteiger charge is 2.75. The number of amides is 2. The Labute approximate surface area is 233 Å². The number of hydrogen-bond acceptors (Lipinski definition) is 6. The van der Waals surface area contributed by atoms with Crippen molar-refractivity contribution in [3.05, 3.63) is 24.3 Å². The summed E-state index contributed by atoms with van der Waals surface area (Å²) in [5.74, 6) is -2.67. The minimum Gasteiger partial charge on any atom is -0.465 e. The van der Waals surface area contributed by atoms with Crippen LogP contribution in [0.2, 0.25) is 0 Å². The first-order chi connectivity index (χ1) is 18.1. The number of hydrogen-bond donors (Lipinski definition) is 1. The molecular formula is C31H48N2O6. The molecule has 0 bridgehead atoms. The highest BCUT2D eigenvalue weighted by atomic mass is 16.6. The zero-order valence-electron chi connectivity index (χ0n) is 25.0.